The number of imide groups is 2. The van der Waals surface area contributed by atoms with E-state index in [4.69, 9.17) is 4.74 Å². The molecular weight excluding hydrogens is 432 g/mol. The zero-order valence-electron chi connectivity index (χ0n) is 19.8. The van der Waals surface area contributed by atoms with Crippen LogP contribution in [0.15, 0.2) is 48.0 Å². The predicted molar refractivity (Wildman–Crippen MR) is 129 cm³/mol. The molecule has 2 aromatic carbocycles. The van der Waals surface area contributed by atoms with E-state index in [1.54, 1.807) is 28.9 Å². The summed E-state index contributed by atoms with van der Waals surface area (Å²) in [7, 11) is 0. The van der Waals surface area contributed by atoms with Gasteiger partial charge < -0.3 is 4.74 Å². The monoisotopic (exact) mass is 458 g/mol. The maximum atomic E-state index is 13.3. The first kappa shape index (κ1) is 23.0. The largest absolute Gasteiger partial charge is 0.494 e. The number of anilines is 1. The number of hydrogen-bond donors (Lipinski definition) is 1. The molecule has 174 valence electrons. The van der Waals surface area contributed by atoms with Crippen molar-refractivity contribution in [3.8, 4) is 11.4 Å². The van der Waals surface area contributed by atoms with Gasteiger partial charge in [-0.25, -0.2) is 14.4 Å². The van der Waals surface area contributed by atoms with E-state index in [-0.39, 0.29) is 5.57 Å². The summed E-state index contributed by atoms with van der Waals surface area (Å²) >= 11 is 0. The Hall–Kier alpha value is -4.20. The van der Waals surface area contributed by atoms with E-state index >= 15 is 0 Å². The molecule has 0 atom stereocenters. The summed E-state index contributed by atoms with van der Waals surface area (Å²) in [6.45, 7) is 10.1. The van der Waals surface area contributed by atoms with Gasteiger partial charge in [-0.1, -0.05) is 6.07 Å². The highest BCUT2D eigenvalue weighted by atomic mass is 16.5. The van der Waals surface area contributed by atoms with Gasteiger partial charge >= 0.3 is 6.03 Å². The van der Waals surface area contributed by atoms with Crippen molar-refractivity contribution < 1.29 is 19.1 Å². The first-order valence-electron chi connectivity index (χ1n) is 11.0. The molecule has 0 aliphatic carbocycles. The van der Waals surface area contributed by atoms with Crippen LogP contribution >= 0.6 is 0 Å². The molecule has 0 spiro atoms. The fourth-order valence-corrected chi connectivity index (χ4v) is 3.87. The summed E-state index contributed by atoms with van der Waals surface area (Å²) < 4.78 is 7.21. The molecular formula is C26H26N4O4. The molecule has 1 aliphatic rings. The molecule has 8 heteroatoms. The molecule has 34 heavy (non-hydrogen) atoms. The zero-order chi connectivity index (χ0) is 24.6. The minimum atomic E-state index is -0.796. The Labute approximate surface area is 197 Å². The number of aromatic nitrogens is 2. The van der Waals surface area contributed by atoms with Crippen molar-refractivity contribution in [1.29, 1.82) is 0 Å². The number of urea groups is 1. The molecule has 2 heterocycles. The van der Waals surface area contributed by atoms with Gasteiger partial charge in [0, 0.05) is 11.3 Å². The lowest BCUT2D eigenvalue weighted by atomic mass is 10.1. The average Bonchev–Trinajstić information content (AvgIpc) is 3.07. The van der Waals surface area contributed by atoms with Crippen molar-refractivity contribution in [3.05, 3.63) is 76.1 Å². The topological polar surface area (TPSA) is 93.5 Å². The molecule has 0 radical (unpaired) electrons. The number of nitrogens with one attached hydrogen (secondary N) is 1. The van der Waals surface area contributed by atoms with Gasteiger partial charge in [-0.15, -0.1) is 0 Å². The third kappa shape index (κ3) is 4.10. The Morgan fingerprint density at radius 1 is 0.941 bits per heavy atom. The number of carbonyl (C=O) groups excluding carboxylic acids is 3. The summed E-state index contributed by atoms with van der Waals surface area (Å²) in [6, 6.07) is 11.8. The maximum Gasteiger partial charge on any atom is 0.335 e. The lowest BCUT2D eigenvalue weighted by Gasteiger charge is -2.26. The summed E-state index contributed by atoms with van der Waals surface area (Å²) in [4.78, 5) is 39.3. The van der Waals surface area contributed by atoms with Crippen LogP contribution in [0.25, 0.3) is 11.8 Å². The lowest BCUT2D eigenvalue weighted by molar-refractivity contribution is -0.122. The van der Waals surface area contributed by atoms with Gasteiger partial charge in [0.2, 0.25) is 0 Å². The highest BCUT2D eigenvalue weighted by molar-refractivity contribution is 6.39. The number of carbonyl (C=O) groups is 3. The average molecular weight is 459 g/mol. The zero-order valence-corrected chi connectivity index (χ0v) is 19.8. The van der Waals surface area contributed by atoms with Crippen LogP contribution in [-0.4, -0.2) is 34.2 Å². The van der Waals surface area contributed by atoms with E-state index in [1.807, 2.05) is 52.8 Å². The quantitative estimate of drug-likeness (QED) is 0.458. The third-order valence-electron chi connectivity index (χ3n) is 5.88. The van der Waals surface area contributed by atoms with E-state index in [0.29, 0.717) is 29.3 Å². The van der Waals surface area contributed by atoms with Gasteiger partial charge in [0.05, 0.1) is 23.7 Å². The maximum absolute atomic E-state index is 13.3. The molecule has 8 nitrogen and oxygen atoms in total. The number of benzene rings is 2. The molecule has 1 fully saturated rings. The molecule has 0 saturated carbocycles. The minimum Gasteiger partial charge on any atom is -0.494 e. The number of ether oxygens (including phenoxy) is 1. The normalized spacial score (nSPS) is 15.1. The SMILES string of the molecule is CCOc1ccc(N2C(=O)NC(=O)/C(=C\c3c(C)nn(-c4ccc(C)c(C)c4)c3C)C2=O)cc1. The van der Waals surface area contributed by atoms with Gasteiger partial charge in [-0.05, 0) is 88.2 Å². The molecule has 0 bridgehead atoms. The van der Waals surface area contributed by atoms with Gasteiger partial charge in [-0.2, -0.15) is 5.10 Å². The highest BCUT2D eigenvalue weighted by Crippen LogP contribution is 2.27. The molecule has 3 aromatic rings. The van der Waals surface area contributed by atoms with Gasteiger partial charge in [0.15, 0.2) is 0 Å². The number of rotatable bonds is 5. The van der Waals surface area contributed by atoms with E-state index in [9.17, 15) is 14.4 Å². The molecule has 4 rings (SSSR count). The standard InChI is InChI=1S/C26H26N4O4/c1-6-34-21-11-9-19(10-12-21)29-25(32)23(24(31)27-26(29)33)14-22-17(4)28-30(18(22)5)20-8-7-15(2)16(3)13-20/h7-14H,6H2,1-5H3,(H,27,31,33)/b23-14+. The smallest absolute Gasteiger partial charge is 0.335 e. The fourth-order valence-electron chi connectivity index (χ4n) is 3.87. The second kappa shape index (κ2) is 8.97. The Kier molecular flexibility index (Phi) is 6.06. The van der Waals surface area contributed by atoms with Crippen molar-refractivity contribution in [2.45, 2.75) is 34.6 Å². The van der Waals surface area contributed by atoms with E-state index in [2.05, 4.69) is 10.4 Å². The van der Waals surface area contributed by atoms with Crippen LogP contribution in [0.3, 0.4) is 0 Å². The Bertz CT molecular complexity index is 1340. The fraction of sp³-hybridized carbons (Fsp3) is 0.231. The van der Waals surface area contributed by atoms with E-state index < -0.39 is 17.8 Å². The Balaban J connectivity index is 1.72. The van der Waals surface area contributed by atoms with Crippen LogP contribution in [0.2, 0.25) is 0 Å². The summed E-state index contributed by atoms with van der Waals surface area (Å²) in [6.07, 6.45) is 1.50. The van der Waals surface area contributed by atoms with Gasteiger partial charge in [0.1, 0.15) is 11.3 Å². The Morgan fingerprint density at radius 2 is 1.62 bits per heavy atom. The lowest BCUT2D eigenvalue weighted by Crippen LogP contribution is -2.54. The van der Waals surface area contributed by atoms with Crippen molar-refractivity contribution in [1.82, 2.24) is 15.1 Å². The van der Waals surface area contributed by atoms with Gasteiger partial charge in [0.25, 0.3) is 11.8 Å². The van der Waals surface area contributed by atoms with Gasteiger partial charge in [-0.3, -0.25) is 14.9 Å². The number of amides is 4. The number of barbiturate groups is 1. The van der Waals surface area contributed by atoms with Crippen molar-refractivity contribution in [2.24, 2.45) is 0 Å². The molecule has 1 aliphatic heterocycles. The summed E-state index contributed by atoms with van der Waals surface area (Å²) in [5.74, 6) is -0.821. The first-order chi connectivity index (χ1) is 16.2. The van der Waals surface area contributed by atoms with Crippen molar-refractivity contribution in [3.63, 3.8) is 0 Å². The van der Waals surface area contributed by atoms with Crippen LogP contribution in [0, 0.1) is 27.7 Å². The second-order valence-electron chi connectivity index (χ2n) is 8.15. The number of aryl methyl sites for hydroxylation is 3. The highest BCUT2D eigenvalue weighted by Gasteiger charge is 2.37. The number of nitrogens with zero attached hydrogens (tertiary/aromatic N) is 3. The van der Waals surface area contributed by atoms with Crippen LogP contribution in [-0.2, 0) is 9.59 Å². The van der Waals surface area contributed by atoms with Crippen molar-refractivity contribution >= 4 is 29.6 Å². The Morgan fingerprint density at radius 3 is 2.26 bits per heavy atom. The van der Waals surface area contributed by atoms with Crippen LogP contribution < -0.4 is 15.0 Å². The number of hydrogen-bond acceptors (Lipinski definition) is 5. The first-order valence-corrected chi connectivity index (χ1v) is 11.0. The molecule has 4 amide bonds. The van der Waals surface area contributed by atoms with E-state index in [0.717, 1.165) is 21.8 Å². The van der Waals surface area contributed by atoms with Crippen LogP contribution in [0.4, 0.5) is 10.5 Å². The van der Waals surface area contributed by atoms with Crippen molar-refractivity contribution in [2.75, 3.05) is 11.5 Å². The second-order valence-corrected chi connectivity index (χ2v) is 8.15. The molecule has 1 N–H and O–H groups in total. The summed E-state index contributed by atoms with van der Waals surface area (Å²) in [5.41, 5.74) is 5.48. The molecule has 1 aromatic heterocycles. The molecule has 0 unspecified atom stereocenters. The minimum absolute atomic E-state index is 0.140. The third-order valence-corrected chi connectivity index (χ3v) is 5.88. The molecule has 1 saturated heterocycles. The predicted octanol–water partition coefficient (Wildman–Crippen LogP) is 4.17. The van der Waals surface area contributed by atoms with E-state index in [1.165, 1.54) is 11.6 Å². The van der Waals surface area contributed by atoms with Crippen LogP contribution in [0.5, 0.6) is 5.75 Å². The summed E-state index contributed by atoms with van der Waals surface area (Å²) in [5, 5.41) is 6.88. The van der Waals surface area contributed by atoms with Crippen LogP contribution in [0.1, 0.15) is 35.0 Å².